The van der Waals surface area contributed by atoms with Crippen LogP contribution in [0, 0.1) is 46.8 Å². The second kappa shape index (κ2) is 3.75. The van der Waals surface area contributed by atoms with Crippen LogP contribution in [-0.2, 0) is 0 Å². The minimum absolute atomic E-state index is 0.728. The summed E-state index contributed by atoms with van der Waals surface area (Å²) in [5.74, 6) is 7.23. The average Bonchev–Trinajstić information content (AvgIpc) is 2.53. The minimum atomic E-state index is 0.728. The molecule has 3 saturated carbocycles. The topological polar surface area (TPSA) is 0 Å². The van der Waals surface area contributed by atoms with Gasteiger partial charge in [-0.2, -0.15) is 0 Å². The molecule has 3 rings (SSSR count). The van der Waals surface area contributed by atoms with Crippen molar-refractivity contribution < 1.29 is 0 Å². The van der Waals surface area contributed by atoms with Gasteiger partial charge in [0.2, 0.25) is 0 Å². The van der Waals surface area contributed by atoms with Gasteiger partial charge in [-0.15, -0.1) is 0 Å². The molecule has 3 aliphatic rings. The first-order chi connectivity index (χ1) is 8.00. The highest BCUT2D eigenvalue weighted by atomic mass is 14.7. The van der Waals surface area contributed by atoms with Crippen molar-refractivity contribution in [2.24, 2.45) is 46.8 Å². The molecule has 2 bridgehead atoms. The van der Waals surface area contributed by atoms with Gasteiger partial charge in [-0.3, -0.25) is 0 Å². The fourth-order valence-electron chi connectivity index (χ4n) is 6.13. The number of rotatable bonds is 2. The van der Waals surface area contributed by atoms with Gasteiger partial charge in [-0.25, -0.2) is 0 Å². The van der Waals surface area contributed by atoms with Gasteiger partial charge in [0.05, 0.1) is 0 Å². The molecule has 0 saturated heterocycles. The van der Waals surface area contributed by atoms with Crippen molar-refractivity contribution in [2.75, 3.05) is 0 Å². The number of fused-ring (bicyclic) bond motifs is 5. The Kier molecular flexibility index (Phi) is 2.66. The lowest BCUT2D eigenvalue weighted by Crippen LogP contribution is -2.47. The largest absolute Gasteiger partial charge is 0.0651 e. The third-order valence-corrected chi connectivity index (χ3v) is 7.57. The zero-order valence-electron chi connectivity index (χ0n) is 12.4. The normalized spacial score (nSPS) is 58.4. The lowest BCUT2D eigenvalue weighted by Gasteiger charge is -2.54. The first kappa shape index (κ1) is 12.1. The minimum Gasteiger partial charge on any atom is -0.0651 e. The fraction of sp³-hybridized carbons (Fsp3) is 1.00. The Morgan fingerprint density at radius 1 is 1.12 bits per heavy atom. The Bertz CT molecular complexity index is 307. The quantitative estimate of drug-likeness (QED) is 0.631. The summed E-state index contributed by atoms with van der Waals surface area (Å²) in [5, 5.41) is 0. The van der Waals surface area contributed by atoms with Crippen molar-refractivity contribution in [1.29, 1.82) is 0 Å². The van der Waals surface area contributed by atoms with E-state index in [1.165, 1.54) is 19.3 Å². The van der Waals surface area contributed by atoms with E-state index in [2.05, 4.69) is 34.6 Å². The Morgan fingerprint density at radius 3 is 2.41 bits per heavy atom. The Hall–Kier alpha value is 0. The molecule has 0 amide bonds. The van der Waals surface area contributed by atoms with Gasteiger partial charge in [-0.1, -0.05) is 41.0 Å². The van der Waals surface area contributed by atoms with Crippen LogP contribution >= 0.6 is 0 Å². The Morgan fingerprint density at radius 2 is 1.82 bits per heavy atom. The smallest absolute Gasteiger partial charge is 0.0238 e. The molecule has 8 unspecified atom stereocenters. The molecule has 98 valence electrons. The summed E-state index contributed by atoms with van der Waals surface area (Å²) in [7, 11) is 0. The second-order valence-corrected chi connectivity index (χ2v) is 7.88. The summed E-state index contributed by atoms with van der Waals surface area (Å²) in [6.07, 6.45) is 6.03. The van der Waals surface area contributed by atoms with Crippen LogP contribution in [0.4, 0.5) is 0 Å². The molecule has 8 atom stereocenters. The van der Waals surface area contributed by atoms with Crippen molar-refractivity contribution in [3.63, 3.8) is 0 Å². The van der Waals surface area contributed by atoms with Crippen molar-refractivity contribution >= 4 is 0 Å². The zero-order chi connectivity index (χ0) is 12.4. The SMILES string of the molecule is CCC(C)C1CC(C)C2CC1C1CC(C)C21C. The van der Waals surface area contributed by atoms with Crippen molar-refractivity contribution in [2.45, 2.75) is 60.3 Å². The highest BCUT2D eigenvalue weighted by Crippen LogP contribution is 2.72. The monoisotopic (exact) mass is 234 g/mol. The van der Waals surface area contributed by atoms with E-state index in [0.717, 1.165) is 46.8 Å². The molecule has 17 heavy (non-hydrogen) atoms. The Labute approximate surface area is 108 Å². The molecule has 0 aromatic carbocycles. The highest BCUT2D eigenvalue weighted by molar-refractivity contribution is 5.13. The van der Waals surface area contributed by atoms with Gasteiger partial charge in [0.15, 0.2) is 0 Å². The first-order valence-corrected chi connectivity index (χ1v) is 8.00. The summed E-state index contributed by atoms with van der Waals surface area (Å²) in [5.41, 5.74) is 0.728. The van der Waals surface area contributed by atoms with E-state index in [9.17, 15) is 0 Å². The van der Waals surface area contributed by atoms with Crippen LogP contribution in [-0.4, -0.2) is 0 Å². The molecule has 3 fully saturated rings. The summed E-state index contributed by atoms with van der Waals surface area (Å²) < 4.78 is 0. The third-order valence-electron chi connectivity index (χ3n) is 7.57. The van der Waals surface area contributed by atoms with Crippen LogP contribution in [0.2, 0.25) is 0 Å². The Balaban J connectivity index is 1.89. The van der Waals surface area contributed by atoms with E-state index in [0.29, 0.717) is 0 Å². The van der Waals surface area contributed by atoms with Gasteiger partial charge in [0.1, 0.15) is 0 Å². The van der Waals surface area contributed by atoms with Crippen LogP contribution in [0.25, 0.3) is 0 Å². The van der Waals surface area contributed by atoms with Crippen molar-refractivity contribution in [3.05, 3.63) is 0 Å². The molecular formula is C17H30. The molecule has 0 heterocycles. The molecule has 3 aliphatic carbocycles. The van der Waals surface area contributed by atoms with Crippen LogP contribution in [0.5, 0.6) is 0 Å². The lowest BCUT2D eigenvalue weighted by molar-refractivity contribution is -0.0543. The van der Waals surface area contributed by atoms with E-state index >= 15 is 0 Å². The van der Waals surface area contributed by atoms with E-state index in [-0.39, 0.29) is 0 Å². The molecule has 0 spiro atoms. The molecular weight excluding hydrogens is 204 g/mol. The van der Waals surface area contributed by atoms with Gasteiger partial charge in [-0.05, 0) is 66.1 Å². The molecule has 0 aromatic rings. The van der Waals surface area contributed by atoms with Gasteiger partial charge >= 0.3 is 0 Å². The zero-order valence-corrected chi connectivity index (χ0v) is 12.4. The van der Waals surface area contributed by atoms with E-state index in [4.69, 9.17) is 0 Å². The molecule has 0 radical (unpaired) electrons. The number of hydrogen-bond donors (Lipinski definition) is 0. The van der Waals surface area contributed by atoms with Gasteiger partial charge < -0.3 is 0 Å². The van der Waals surface area contributed by atoms with Crippen LogP contribution in [0.1, 0.15) is 60.3 Å². The van der Waals surface area contributed by atoms with Crippen LogP contribution in [0.3, 0.4) is 0 Å². The molecule has 0 N–H and O–H groups in total. The maximum absolute atomic E-state index is 2.63. The first-order valence-electron chi connectivity index (χ1n) is 8.00. The van der Waals surface area contributed by atoms with Crippen molar-refractivity contribution in [3.8, 4) is 0 Å². The molecule has 0 aromatic heterocycles. The summed E-state index contributed by atoms with van der Waals surface area (Å²) in [4.78, 5) is 0. The second-order valence-electron chi connectivity index (χ2n) is 7.88. The average molecular weight is 234 g/mol. The summed E-state index contributed by atoms with van der Waals surface area (Å²) >= 11 is 0. The van der Waals surface area contributed by atoms with E-state index in [1.54, 1.807) is 6.42 Å². The fourth-order valence-corrected chi connectivity index (χ4v) is 6.13. The maximum Gasteiger partial charge on any atom is -0.0238 e. The van der Waals surface area contributed by atoms with Gasteiger partial charge in [0, 0.05) is 0 Å². The molecule has 0 heteroatoms. The standard InChI is InChI=1S/C17H30/c1-6-10(2)13-7-11(3)15-9-14(13)16-8-12(4)17(15,16)5/h10-16H,6-9H2,1-5H3. The van der Waals surface area contributed by atoms with Crippen LogP contribution in [0.15, 0.2) is 0 Å². The van der Waals surface area contributed by atoms with Crippen LogP contribution < -0.4 is 0 Å². The summed E-state index contributed by atoms with van der Waals surface area (Å²) in [6.45, 7) is 12.6. The van der Waals surface area contributed by atoms with Gasteiger partial charge in [0.25, 0.3) is 0 Å². The maximum atomic E-state index is 2.63. The lowest BCUT2D eigenvalue weighted by atomic mass is 9.51. The third kappa shape index (κ3) is 1.36. The predicted octanol–water partition coefficient (Wildman–Crippen LogP) is 4.99. The molecule has 0 aliphatic heterocycles. The predicted molar refractivity (Wildman–Crippen MR) is 73.7 cm³/mol. The number of hydrogen-bond acceptors (Lipinski definition) is 0. The van der Waals surface area contributed by atoms with Crippen molar-refractivity contribution in [1.82, 2.24) is 0 Å². The molecule has 0 nitrogen and oxygen atoms in total. The van der Waals surface area contributed by atoms with E-state index < -0.39 is 0 Å². The highest BCUT2D eigenvalue weighted by Gasteiger charge is 2.65. The van der Waals surface area contributed by atoms with E-state index in [1.807, 2.05) is 0 Å². The summed E-state index contributed by atoms with van der Waals surface area (Å²) in [6, 6.07) is 0.